The summed E-state index contributed by atoms with van der Waals surface area (Å²) in [5, 5.41) is 7.70. The van der Waals surface area contributed by atoms with Crippen molar-refractivity contribution in [3.8, 4) is 0 Å². The zero-order valence-corrected chi connectivity index (χ0v) is 19.1. The number of rotatable bonds is 6. The fraction of sp³-hybridized carbons (Fsp3) is 0.550. The van der Waals surface area contributed by atoms with Crippen LogP contribution in [-0.2, 0) is 6.42 Å². The van der Waals surface area contributed by atoms with Crippen molar-refractivity contribution >= 4 is 40.8 Å². The first kappa shape index (κ1) is 23.8. The number of halogens is 4. The van der Waals surface area contributed by atoms with E-state index in [-0.39, 0.29) is 30.0 Å². The van der Waals surface area contributed by atoms with E-state index in [0.717, 1.165) is 17.6 Å². The molecule has 1 aromatic carbocycles. The minimum absolute atomic E-state index is 0. The second-order valence-electron chi connectivity index (χ2n) is 7.27. The van der Waals surface area contributed by atoms with Gasteiger partial charge in [0.25, 0.3) is 0 Å². The summed E-state index contributed by atoms with van der Waals surface area (Å²) in [6, 6.07) is 8.19. The molecule has 29 heavy (non-hydrogen) atoms. The highest BCUT2D eigenvalue weighted by molar-refractivity contribution is 14.0. The lowest BCUT2D eigenvalue weighted by Gasteiger charge is -2.19. The largest absolute Gasteiger partial charge is 0.401 e. The standard InChI is InChI=1S/C20H28F3N5.HI/c1-3-24-19(27-15-9-11-28(12-15)13-20(21,22)23)25-10-8-16-14(2)26-18-7-5-4-6-17(16)18;/h4-7,15,26H,3,8-13H2,1-2H3,(H2,24,25,27);1H. The fourth-order valence-corrected chi connectivity index (χ4v) is 3.80. The molecule has 5 nitrogen and oxygen atoms in total. The molecule has 0 saturated carbocycles. The lowest BCUT2D eigenvalue weighted by molar-refractivity contribution is -0.143. The molecule has 0 aliphatic carbocycles. The molecule has 1 unspecified atom stereocenters. The van der Waals surface area contributed by atoms with Crippen LogP contribution in [0.2, 0.25) is 0 Å². The third-order valence-corrected chi connectivity index (χ3v) is 5.02. The smallest absolute Gasteiger partial charge is 0.358 e. The molecule has 1 atom stereocenters. The van der Waals surface area contributed by atoms with Crippen molar-refractivity contribution in [1.82, 2.24) is 20.5 Å². The average Bonchev–Trinajstić information content (AvgIpc) is 3.17. The number of aromatic amines is 1. The van der Waals surface area contributed by atoms with Gasteiger partial charge in [-0.2, -0.15) is 13.2 Å². The molecule has 0 radical (unpaired) electrons. The van der Waals surface area contributed by atoms with Crippen LogP contribution in [-0.4, -0.2) is 60.8 Å². The Morgan fingerprint density at radius 3 is 2.79 bits per heavy atom. The van der Waals surface area contributed by atoms with Crippen LogP contribution in [0.15, 0.2) is 29.3 Å². The maximum Gasteiger partial charge on any atom is 0.401 e. The summed E-state index contributed by atoms with van der Waals surface area (Å²) >= 11 is 0. The van der Waals surface area contributed by atoms with Crippen molar-refractivity contribution < 1.29 is 13.2 Å². The third kappa shape index (κ3) is 6.77. The Bertz CT molecular complexity index is 818. The maximum absolute atomic E-state index is 12.6. The van der Waals surface area contributed by atoms with E-state index in [1.807, 2.05) is 19.1 Å². The van der Waals surface area contributed by atoms with Gasteiger partial charge >= 0.3 is 6.18 Å². The van der Waals surface area contributed by atoms with Gasteiger partial charge in [0, 0.05) is 48.8 Å². The van der Waals surface area contributed by atoms with E-state index >= 15 is 0 Å². The highest BCUT2D eigenvalue weighted by Crippen LogP contribution is 2.22. The number of aryl methyl sites for hydroxylation is 1. The van der Waals surface area contributed by atoms with Gasteiger partial charge in [-0.25, -0.2) is 0 Å². The number of likely N-dealkylation sites (tertiary alicyclic amines) is 1. The van der Waals surface area contributed by atoms with E-state index in [2.05, 4.69) is 39.7 Å². The van der Waals surface area contributed by atoms with E-state index in [1.165, 1.54) is 15.8 Å². The molecule has 162 valence electrons. The normalized spacial score (nSPS) is 18.1. The number of aromatic nitrogens is 1. The van der Waals surface area contributed by atoms with Crippen LogP contribution >= 0.6 is 24.0 Å². The minimum atomic E-state index is -4.15. The summed E-state index contributed by atoms with van der Waals surface area (Å²) < 4.78 is 37.7. The topological polar surface area (TPSA) is 55.5 Å². The molecule has 2 aromatic rings. The van der Waals surface area contributed by atoms with Gasteiger partial charge in [-0.3, -0.25) is 9.89 Å². The van der Waals surface area contributed by atoms with Crippen molar-refractivity contribution in [1.29, 1.82) is 0 Å². The van der Waals surface area contributed by atoms with Gasteiger partial charge in [0.2, 0.25) is 0 Å². The van der Waals surface area contributed by atoms with Crippen molar-refractivity contribution in [3.63, 3.8) is 0 Å². The molecular formula is C20H29F3IN5. The van der Waals surface area contributed by atoms with Gasteiger partial charge in [-0.1, -0.05) is 18.2 Å². The van der Waals surface area contributed by atoms with Crippen LogP contribution in [0.5, 0.6) is 0 Å². The van der Waals surface area contributed by atoms with Gasteiger partial charge in [0.1, 0.15) is 0 Å². The molecule has 9 heteroatoms. The summed E-state index contributed by atoms with van der Waals surface area (Å²) in [6.07, 6.45) is -2.66. The number of nitrogens with zero attached hydrogens (tertiary/aromatic N) is 2. The number of alkyl halides is 3. The molecule has 2 heterocycles. The predicted molar refractivity (Wildman–Crippen MR) is 122 cm³/mol. The number of para-hydroxylation sites is 1. The van der Waals surface area contributed by atoms with Crippen LogP contribution in [0.4, 0.5) is 13.2 Å². The van der Waals surface area contributed by atoms with Crippen LogP contribution in [0.1, 0.15) is 24.6 Å². The summed E-state index contributed by atoms with van der Waals surface area (Å²) in [5.74, 6) is 0.666. The number of hydrogen-bond acceptors (Lipinski definition) is 2. The molecule has 0 bridgehead atoms. The highest BCUT2D eigenvalue weighted by atomic mass is 127. The molecule has 3 rings (SSSR count). The van der Waals surface area contributed by atoms with Crippen molar-refractivity contribution in [2.75, 3.05) is 32.7 Å². The van der Waals surface area contributed by atoms with E-state index in [9.17, 15) is 13.2 Å². The maximum atomic E-state index is 12.6. The monoisotopic (exact) mass is 523 g/mol. The van der Waals surface area contributed by atoms with Crippen LogP contribution in [0, 0.1) is 6.92 Å². The first-order valence-corrected chi connectivity index (χ1v) is 9.76. The number of hydrogen-bond donors (Lipinski definition) is 3. The zero-order valence-electron chi connectivity index (χ0n) is 16.8. The fourth-order valence-electron chi connectivity index (χ4n) is 3.80. The van der Waals surface area contributed by atoms with Crippen molar-refractivity contribution in [2.24, 2.45) is 4.99 Å². The second kappa shape index (κ2) is 10.5. The Hall–Kier alpha value is -1.49. The Kier molecular flexibility index (Phi) is 8.62. The number of nitrogens with one attached hydrogen (secondary N) is 3. The van der Waals surface area contributed by atoms with Gasteiger partial charge in [0.15, 0.2) is 5.96 Å². The van der Waals surface area contributed by atoms with Crippen LogP contribution < -0.4 is 10.6 Å². The summed E-state index contributed by atoms with van der Waals surface area (Å²) in [5.41, 5.74) is 3.53. The highest BCUT2D eigenvalue weighted by Gasteiger charge is 2.34. The number of aliphatic imine (C=N–C) groups is 1. The first-order chi connectivity index (χ1) is 13.4. The molecule has 1 aliphatic rings. The SMILES string of the molecule is CCNC(=NCCc1c(C)[nH]c2ccccc12)NC1CCN(CC(F)(F)F)C1.I. The second-order valence-corrected chi connectivity index (χ2v) is 7.27. The molecule has 1 fully saturated rings. The summed E-state index contributed by atoms with van der Waals surface area (Å²) in [4.78, 5) is 9.48. The number of benzene rings is 1. The molecule has 1 aliphatic heterocycles. The average molecular weight is 523 g/mol. The van der Waals surface area contributed by atoms with Crippen LogP contribution in [0.25, 0.3) is 10.9 Å². The number of fused-ring (bicyclic) bond motifs is 1. The molecule has 1 aromatic heterocycles. The Morgan fingerprint density at radius 1 is 1.31 bits per heavy atom. The van der Waals surface area contributed by atoms with E-state index in [0.29, 0.717) is 38.6 Å². The first-order valence-electron chi connectivity index (χ1n) is 9.76. The molecule has 0 amide bonds. The minimum Gasteiger partial charge on any atom is -0.358 e. The molecule has 3 N–H and O–H groups in total. The van der Waals surface area contributed by atoms with Gasteiger partial charge < -0.3 is 15.6 Å². The third-order valence-electron chi connectivity index (χ3n) is 5.02. The van der Waals surface area contributed by atoms with Crippen LogP contribution in [0.3, 0.4) is 0 Å². The Morgan fingerprint density at radius 2 is 2.07 bits per heavy atom. The molecular weight excluding hydrogens is 494 g/mol. The quantitative estimate of drug-likeness (QED) is 0.307. The van der Waals surface area contributed by atoms with E-state index < -0.39 is 12.7 Å². The summed E-state index contributed by atoms with van der Waals surface area (Å²) in [6.45, 7) is 5.34. The molecule has 1 saturated heterocycles. The van der Waals surface area contributed by atoms with Gasteiger partial charge in [-0.15, -0.1) is 24.0 Å². The Balaban J connectivity index is 0.00000300. The number of guanidine groups is 1. The van der Waals surface area contributed by atoms with E-state index in [4.69, 9.17) is 0 Å². The van der Waals surface area contributed by atoms with Gasteiger partial charge in [0.05, 0.1) is 6.54 Å². The number of H-pyrrole nitrogens is 1. The predicted octanol–water partition coefficient (Wildman–Crippen LogP) is 3.83. The Labute approximate surface area is 186 Å². The molecule has 0 spiro atoms. The lowest BCUT2D eigenvalue weighted by Crippen LogP contribution is -2.45. The van der Waals surface area contributed by atoms with Crippen molar-refractivity contribution in [3.05, 3.63) is 35.5 Å². The summed E-state index contributed by atoms with van der Waals surface area (Å²) in [7, 11) is 0. The van der Waals surface area contributed by atoms with E-state index in [1.54, 1.807) is 0 Å². The van der Waals surface area contributed by atoms with Crippen molar-refractivity contribution in [2.45, 2.75) is 38.9 Å². The lowest BCUT2D eigenvalue weighted by atomic mass is 10.1. The van der Waals surface area contributed by atoms with Gasteiger partial charge in [-0.05, 0) is 38.3 Å². The zero-order chi connectivity index (χ0) is 20.1.